The zero-order valence-electron chi connectivity index (χ0n) is 13.4. The van der Waals surface area contributed by atoms with Crippen LogP contribution in [-0.2, 0) is 15.0 Å². The number of hydrogen-bond acceptors (Lipinski definition) is 5. The first kappa shape index (κ1) is 14.2. The van der Waals surface area contributed by atoms with Crippen LogP contribution in [0.5, 0.6) is 17.2 Å². The van der Waals surface area contributed by atoms with Crippen LogP contribution in [0.15, 0.2) is 36.4 Å². The zero-order valence-corrected chi connectivity index (χ0v) is 13.4. The van der Waals surface area contributed by atoms with E-state index >= 15 is 0 Å². The molecular weight excluding hydrogens is 324 g/mol. The van der Waals surface area contributed by atoms with Crippen LogP contribution in [0.25, 0.3) is 0 Å². The highest BCUT2D eigenvalue weighted by Gasteiger charge is 2.57. The summed E-state index contributed by atoms with van der Waals surface area (Å²) in [7, 11) is 0. The first-order valence-electron chi connectivity index (χ1n) is 7.89. The van der Waals surface area contributed by atoms with Gasteiger partial charge in [0.1, 0.15) is 17.8 Å². The van der Waals surface area contributed by atoms with Gasteiger partial charge in [0.05, 0.1) is 5.69 Å². The molecule has 3 heterocycles. The number of anilines is 1. The fourth-order valence-electron chi connectivity index (χ4n) is 3.75. The van der Waals surface area contributed by atoms with Gasteiger partial charge in [0.15, 0.2) is 11.5 Å². The summed E-state index contributed by atoms with van der Waals surface area (Å²) >= 11 is 0. The van der Waals surface area contributed by atoms with Gasteiger partial charge in [-0.3, -0.25) is 15.0 Å². The van der Waals surface area contributed by atoms with Crippen molar-refractivity contribution in [2.24, 2.45) is 0 Å². The maximum Gasteiger partial charge on any atom is 0.264 e. The summed E-state index contributed by atoms with van der Waals surface area (Å²) in [4.78, 5) is 24.9. The summed E-state index contributed by atoms with van der Waals surface area (Å²) in [5.41, 5.74) is 3.78. The second kappa shape index (κ2) is 4.66. The van der Waals surface area contributed by atoms with Gasteiger partial charge in [-0.15, -0.1) is 0 Å². The molecule has 0 saturated heterocycles. The first-order valence-corrected chi connectivity index (χ1v) is 7.89. The van der Waals surface area contributed by atoms with Gasteiger partial charge < -0.3 is 14.2 Å². The molecule has 0 fully saturated rings. The average Bonchev–Trinajstić information content (AvgIpc) is 3.26. The molecule has 0 aliphatic carbocycles. The molecule has 0 saturated carbocycles. The van der Waals surface area contributed by atoms with E-state index in [0.29, 0.717) is 22.9 Å². The average molecular weight is 338 g/mol. The molecule has 2 aromatic carbocycles. The molecule has 25 heavy (non-hydrogen) atoms. The molecule has 1 atom stereocenters. The van der Waals surface area contributed by atoms with Crippen molar-refractivity contribution in [3.8, 4) is 17.2 Å². The third-order valence-electron chi connectivity index (χ3n) is 4.82. The van der Waals surface area contributed by atoms with E-state index in [1.807, 2.05) is 24.3 Å². The van der Waals surface area contributed by atoms with Crippen LogP contribution < -0.4 is 24.6 Å². The van der Waals surface area contributed by atoms with Gasteiger partial charge in [-0.2, -0.15) is 0 Å². The topological polar surface area (TPSA) is 77.1 Å². The number of nitrogens with one attached hydrogen (secondary N) is 1. The summed E-state index contributed by atoms with van der Waals surface area (Å²) in [5.74, 6) is 1.23. The Balaban J connectivity index is 1.73. The summed E-state index contributed by atoms with van der Waals surface area (Å²) in [6, 6.07) is 11.0. The van der Waals surface area contributed by atoms with E-state index in [9.17, 15) is 9.59 Å². The Kier molecular flexibility index (Phi) is 2.64. The van der Waals surface area contributed by atoms with Crippen molar-refractivity contribution in [2.45, 2.75) is 12.3 Å². The molecule has 0 radical (unpaired) electrons. The smallest absolute Gasteiger partial charge is 0.264 e. The van der Waals surface area contributed by atoms with E-state index in [2.05, 4.69) is 5.43 Å². The van der Waals surface area contributed by atoms with E-state index in [1.54, 1.807) is 12.1 Å². The highest BCUT2D eigenvalue weighted by molar-refractivity contribution is 6.12. The SMILES string of the molecule is CC(=O)NN1C(=O)C2(COc3cc4c(cc32)OCO4)c2ccccc21. The van der Waals surface area contributed by atoms with Crippen LogP contribution in [0.2, 0.25) is 0 Å². The van der Waals surface area contributed by atoms with Crippen molar-refractivity contribution in [3.05, 3.63) is 47.5 Å². The Labute approximate surface area is 143 Å². The Bertz CT molecular complexity index is 941. The number of amides is 2. The zero-order chi connectivity index (χ0) is 17.2. The van der Waals surface area contributed by atoms with Crippen molar-refractivity contribution < 1.29 is 23.8 Å². The van der Waals surface area contributed by atoms with Crippen molar-refractivity contribution in [1.29, 1.82) is 0 Å². The monoisotopic (exact) mass is 338 g/mol. The third kappa shape index (κ3) is 1.69. The molecule has 2 amide bonds. The van der Waals surface area contributed by atoms with Gasteiger partial charge in [-0.1, -0.05) is 18.2 Å². The number of nitrogens with zero attached hydrogens (tertiary/aromatic N) is 1. The Hall–Kier alpha value is -3.22. The summed E-state index contributed by atoms with van der Waals surface area (Å²) < 4.78 is 16.7. The predicted molar refractivity (Wildman–Crippen MR) is 86.6 cm³/mol. The Morgan fingerprint density at radius 1 is 1.08 bits per heavy atom. The van der Waals surface area contributed by atoms with E-state index in [-0.39, 0.29) is 25.2 Å². The number of ether oxygens (including phenoxy) is 3. The van der Waals surface area contributed by atoms with Crippen LogP contribution in [0.1, 0.15) is 18.1 Å². The summed E-state index contributed by atoms with van der Waals surface area (Å²) in [5, 5.41) is 1.31. The minimum Gasteiger partial charge on any atom is -0.491 e. The quantitative estimate of drug-likeness (QED) is 0.852. The van der Waals surface area contributed by atoms with Gasteiger partial charge in [0, 0.05) is 24.1 Å². The molecule has 3 aliphatic heterocycles. The largest absolute Gasteiger partial charge is 0.491 e. The minimum absolute atomic E-state index is 0.147. The lowest BCUT2D eigenvalue weighted by atomic mass is 9.77. The van der Waals surface area contributed by atoms with Gasteiger partial charge in [-0.05, 0) is 12.1 Å². The lowest BCUT2D eigenvalue weighted by Crippen LogP contribution is -2.50. The third-order valence-corrected chi connectivity index (χ3v) is 4.82. The van der Waals surface area contributed by atoms with Gasteiger partial charge in [-0.25, -0.2) is 5.01 Å². The fourth-order valence-corrected chi connectivity index (χ4v) is 3.75. The van der Waals surface area contributed by atoms with E-state index < -0.39 is 5.41 Å². The summed E-state index contributed by atoms with van der Waals surface area (Å²) in [6.45, 7) is 1.68. The van der Waals surface area contributed by atoms with Crippen LogP contribution >= 0.6 is 0 Å². The normalized spacial score (nSPS) is 22.0. The molecule has 7 heteroatoms. The molecule has 5 rings (SSSR count). The van der Waals surface area contributed by atoms with Crippen LogP contribution in [0.3, 0.4) is 0 Å². The first-order chi connectivity index (χ1) is 12.1. The molecule has 3 aliphatic rings. The standard InChI is InChI=1S/C18H14N2O5/c1-10(21)19-20-13-5-3-2-4-11(13)18(17(20)22)8-23-14-7-16-15(6-12(14)18)24-9-25-16/h2-7H,8-9H2,1H3,(H,19,21). The van der Waals surface area contributed by atoms with Gasteiger partial charge in [0.25, 0.3) is 5.91 Å². The van der Waals surface area contributed by atoms with E-state index in [1.165, 1.54) is 11.9 Å². The maximum atomic E-state index is 13.3. The maximum absolute atomic E-state index is 13.3. The molecule has 7 nitrogen and oxygen atoms in total. The van der Waals surface area contributed by atoms with Crippen LogP contribution in [0, 0.1) is 0 Å². The highest BCUT2D eigenvalue weighted by Crippen LogP contribution is 2.54. The van der Waals surface area contributed by atoms with Crippen molar-refractivity contribution in [1.82, 2.24) is 5.43 Å². The van der Waals surface area contributed by atoms with Crippen molar-refractivity contribution >= 4 is 17.5 Å². The number of carbonyl (C=O) groups is 2. The van der Waals surface area contributed by atoms with Crippen LogP contribution in [-0.4, -0.2) is 25.2 Å². The second-order valence-corrected chi connectivity index (χ2v) is 6.22. The number of para-hydroxylation sites is 1. The molecular formula is C18H14N2O5. The molecule has 2 aromatic rings. The number of benzene rings is 2. The lowest BCUT2D eigenvalue weighted by Gasteiger charge is -2.22. The number of rotatable bonds is 1. The van der Waals surface area contributed by atoms with E-state index in [4.69, 9.17) is 14.2 Å². The number of hydrogen-bond donors (Lipinski definition) is 1. The lowest BCUT2D eigenvalue weighted by molar-refractivity contribution is -0.126. The van der Waals surface area contributed by atoms with Gasteiger partial charge in [0.2, 0.25) is 12.7 Å². The Morgan fingerprint density at radius 2 is 1.84 bits per heavy atom. The molecule has 0 aromatic heterocycles. The van der Waals surface area contributed by atoms with Crippen molar-refractivity contribution in [2.75, 3.05) is 18.4 Å². The molecule has 1 unspecified atom stereocenters. The van der Waals surface area contributed by atoms with E-state index in [0.717, 1.165) is 11.1 Å². The number of carbonyl (C=O) groups excluding carboxylic acids is 2. The van der Waals surface area contributed by atoms with Crippen molar-refractivity contribution in [3.63, 3.8) is 0 Å². The highest BCUT2D eigenvalue weighted by atomic mass is 16.7. The molecule has 1 N–H and O–H groups in total. The number of hydrazine groups is 1. The molecule has 126 valence electrons. The fraction of sp³-hybridized carbons (Fsp3) is 0.222. The van der Waals surface area contributed by atoms with Gasteiger partial charge >= 0.3 is 0 Å². The number of fused-ring (bicyclic) bond motifs is 5. The Morgan fingerprint density at radius 3 is 2.64 bits per heavy atom. The molecule has 1 spiro atoms. The van der Waals surface area contributed by atoms with Crippen LogP contribution in [0.4, 0.5) is 5.69 Å². The predicted octanol–water partition coefficient (Wildman–Crippen LogP) is 1.49. The summed E-state index contributed by atoms with van der Waals surface area (Å²) in [6.07, 6.45) is 0. The molecule has 0 bridgehead atoms. The minimum atomic E-state index is -1.00. The second-order valence-electron chi connectivity index (χ2n) is 6.22.